The Kier molecular flexibility index (Phi) is 3.64. The summed E-state index contributed by atoms with van der Waals surface area (Å²) in [6, 6.07) is 0. The van der Waals surface area contributed by atoms with Crippen molar-refractivity contribution in [2.45, 2.75) is 38.9 Å². The van der Waals surface area contributed by atoms with Crippen LogP contribution in [0.5, 0.6) is 0 Å². The van der Waals surface area contributed by atoms with Gasteiger partial charge in [0.1, 0.15) is 5.76 Å². The van der Waals surface area contributed by atoms with Gasteiger partial charge in [0.15, 0.2) is 5.43 Å². The Morgan fingerprint density at radius 2 is 2.35 bits per heavy atom. The molecule has 1 aliphatic rings. The van der Waals surface area contributed by atoms with Crippen LogP contribution in [0.1, 0.15) is 42.8 Å². The lowest BCUT2D eigenvalue weighted by Gasteiger charge is -2.27. The van der Waals surface area contributed by atoms with Crippen molar-refractivity contribution in [3.05, 3.63) is 33.4 Å². The summed E-state index contributed by atoms with van der Waals surface area (Å²) < 4.78 is 10.4. The lowest BCUT2D eigenvalue weighted by Crippen LogP contribution is -2.28. The normalized spacial score (nSPS) is 23.5. The second kappa shape index (κ2) is 5.02. The molecule has 94 valence electrons. The molecule has 0 saturated carbocycles. The van der Waals surface area contributed by atoms with Crippen LogP contribution in [0, 0.1) is 5.92 Å². The molecule has 0 amide bonds. The SMILES string of the molecule is CC[C@@H]1CCc2occ(COC)c(=O)c2[C@H]1O. The summed E-state index contributed by atoms with van der Waals surface area (Å²) in [5.41, 5.74) is 0.790. The summed E-state index contributed by atoms with van der Waals surface area (Å²) in [4.78, 5) is 12.2. The number of aliphatic hydroxyl groups is 1. The summed E-state index contributed by atoms with van der Waals surface area (Å²) >= 11 is 0. The molecule has 2 rings (SSSR count). The van der Waals surface area contributed by atoms with Gasteiger partial charge in [-0.3, -0.25) is 4.79 Å². The molecule has 0 spiro atoms. The van der Waals surface area contributed by atoms with Crippen molar-refractivity contribution in [1.29, 1.82) is 0 Å². The minimum atomic E-state index is -0.697. The van der Waals surface area contributed by atoms with Gasteiger partial charge >= 0.3 is 0 Å². The molecular formula is C13H18O4. The molecule has 4 heteroatoms. The quantitative estimate of drug-likeness (QED) is 0.872. The molecule has 0 bridgehead atoms. The maximum atomic E-state index is 12.2. The van der Waals surface area contributed by atoms with Gasteiger partial charge < -0.3 is 14.3 Å². The number of ether oxygens (including phenoxy) is 1. The van der Waals surface area contributed by atoms with Crippen molar-refractivity contribution in [3.8, 4) is 0 Å². The van der Waals surface area contributed by atoms with Crippen molar-refractivity contribution >= 4 is 0 Å². The fourth-order valence-electron chi connectivity index (χ4n) is 2.44. The zero-order valence-corrected chi connectivity index (χ0v) is 10.2. The van der Waals surface area contributed by atoms with E-state index in [-0.39, 0.29) is 18.0 Å². The first kappa shape index (κ1) is 12.3. The van der Waals surface area contributed by atoms with Crippen molar-refractivity contribution in [2.24, 2.45) is 5.92 Å². The van der Waals surface area contributed by atoms with Crippen LogP contribution < -0.4 is 5.43 Å². The van der Waals surface area contributed by atoms with E-state index in [0.717, 1.165) is 19.3 Å². The van der Waals surface area contributed by atoms with E-state index in [2.05, 4.69) is 0 Å². The van der Waals surface area contributed by atoms with Gasteiger partial charge in [0, 0.05) is 13.5 Å². The highest BCUT2D eigenvalue weighted by atomic mass is 16.5. The molecule has 0 aromatic carbocycles. The second-order valence-corrected chi connectivity index (χ2v) is 4.51. The Morgan fingerprint density at radius 1 is 1.59 bits per heavy atom. The number of aliphatic hydroxyl groups excluding tert-OH is 1. The van der Waals surface area contributed by atoms with Gasteiger partial charge in [-0.25, -0.2) is 0 Å². The zero-order chi connectivity index (χ0) is 12.4. The number of rotatable bonds is 3. The molecule has 1 N–H and O–H groups in total. The molecule has 1 heterocycles. The van der Waals surface area contributed by atoms with Crippen LogP contribution in [-0.4, -0.2) is 12.2 Å². The smallest absolute Gasteiger partial charge is 0.196 e. The number of methoxy groups -OCH3 is 1. The van der Waals surface area contributed by atoms with E-state index in [0.29, 0.717) is 16.9 Å². The predicted octanol–water partition coefficient (Wildman–Crippen LogP) is 1.79. The molecule has 2 atom stereocenters. The maximum Gasteiger partial charge on any atom is 0.196 e. The van der Waals surface area contributed by atoms with Gasteiger partial charge in [0.05, 0.1) is 30.1 Å². The van der Waals surface area contributed by atoms with Gasteiger partial charge in [0.25, 0.3) is 0 Å². The molecule has 0 aliphatic heterocycles. The van der Waals surface area contributed by atoms with E-state index in [1.54, 1.807) is 0 Å². The lowest BCUT2D eigenvalue weighted by molar-refractivity contribution is 0.0830. The van der Waals surface area contributed by atoms with E-state index < -0.39 is 6.10 Å². The Hall–Kier alpha value is -1.13. The average Bonchev–Trinajstić information content (AvgIpc) is 2.33. The molecular weight excluding hydrogens is 220 g/mol. The van der Waals surface area contributed by atoms with Crippen LogP contribution in [-0.2, 0) is 17.8 Å². The highest BCUT2D eigenvalue weighted by Gasteiger charge is 2.31. The number of hydrogen-bond acceptors (Lipinski definition) is 4. The van der Waals surface area contributed by atoms with Gasteiger partial charge in [-0.2, -0.15) is 0 Å². The lowest BCUT2D eigenvalue weighted by atomic mass is 9.82. The van der Waals surface area contributed by atoms with Crippen LogP contribution in [0.2, 0.25) is 0 Å². The molecule has 17 heavy (non-hydrogen) atoms. The number of hydrogen-bond donors (Lipinski definition) is 1. The minimum absolute atomic E-state index is 0.126. The Balaban J connectivity index is 2.46. The number of aryl methyl sites for hydroxylation is 1. The highest BCUT2D eigenvalue weighted by Crippen LogP contribution is 2.34. The summed E-state index contributed by atoms with van der Waals surface area (Å²) in [6.07, 6.45) is 3.22. The van der Waals surface area contributed by atoms with Crippen LogP contribution >= 0.6 is 0 Å². The summed E-state index contributed by atoms with van der Waals surface area (Å²) in [5, 5.41) is 10.2. The third-order valence-corrected chi connectivity index (χ3v) is 3.49. The van der Waals surface area contributed by atoms with Crippen LogP contribution in [0.3, 0.4) is 0 Å². The van der Waals surface area contributed by atoms with Gasteiger partial charge in [-0.05, 0) is 12.3 Å². The van der Waals surface area contributed by atoms with Gasteiger partial charge in [0.2, 0.25) is 0 Å². The fraction of sp³-hybridized carbons (Fsp3) is 0.615. The van der Waals surface area contributed by atoms with Crippen molar-refractivity contribution in [1.82, 2.24) is 0 Å². The van der Waals surface area contributed by atoms with E-state index in [4.69, 9.17) is 9.15 Å². The van der Waals surface area contributed by atoms with Crippen LogP contribution in [0.15, 0.2) is 15.5 Å². The number of fused-ring (bicyclic) bond motifs is 1. The molecule has 1 aliphatic carbocycles. The van der Waals surface area contributed by atoms with E-state index in [9.17, 15) is 9.90 Å². The Morgan fingerprint density at radius 3 is 3.00 bits per heavy atom. The summed E-state index contributed by atoms with van der Waals surface area (Å²) in [6.45, 7) is 2.25. The standard InChI is InChI=1S/C13H18O4/c1-3-8-4-5-10-11(12(8)14)13(15)9(6-16-2)7-17-10/h7-8,12,14H,3-6H2,1-2H3/t8-,12+/m1/s1. The molecule has 0 fully saturated rings. The third-order valence-electron chi connectivity index (χ3n) is 3.49. The van der Waals surface area contributed by atoms with Crippen LogP contribution in [0.25, 0.3) is 0 Å². The second-order valence-electron chi connectivity index (χ2n) is 4.51. The molecule has 1 aromatic rings. The fourth-order valence-corrected chi connectivity index (χ4v) is 2.44. The highest BCUT2D eigenvalue weighted by molar-refractivity contribution is 5.27. The van der Waals surface area contributed by atoms with E-state index in [1.165, 1.54) is 13.4 Å². The molecule has 1 aromatic heterocycles. The largest absolute Gasteiger partial charge is 0.468 e. The summed E-state index contributed by atoms with van der Waals surface area (Å²) in [5.74, 6) is 0.787. The summed E-state index contributed by atoms with van der Waals surface area (Å²) in [7, 11) is 1.53. The van der Waals surface area contributed by atoms with Gasteiger partial charge in [-0.1, -0.05) is 13.3 Å². The van der Waals surface area contributed by atoms with Crippen molar-refractivity contribution in [3.63, 3.8) is 0 Å². The first-order valence-electron chi connectivity index (χ1n) is 5.99. The Labute approximate surface area is 100 Å². The van der Waals surface area contributed by atoms with Crippen molar-refractivity contribution in [2.75, 3.05) is 7.11 Å². The monoisotopic (exact) mass is 238 g/mol. The minimum Gasteiger partial charge on any atom is -0.468 e. The molecule has 0 saturated heterocycles. The van der Waals surface area contributed by atoms with Gasteiger partial charge in [-0.15, -0.1) is 0 Å². The third kappa shape index (κ3) is 2.15. The van der Waals surface area contributed by atoms with Crippen molar-refractivity contribution < 1.29 is 14.3 Å². The van der Waals surface area contributed by atoms with E-state index >= 15 is 0 Å². The first-order valence-corrected chi connectivity index (χ1v) is 5.99. The zero-order valence-electron chi connectivity index (χ0n) is 10.2. The van der Waals surface area contributed by atoms with E-state index in [1.807, 2.05) is 6.92 Å². The molecule has 0 radical (unpaired) electrons. The molecule has 4 nitrogen and oxygen atoms in total. The topological polar surface area (TPSA) is 59.7 Å². The molecule has 0 unspecified atom stereocenters. The Bertz CT molecular complexity index is 449. The average molecular weight is 238 g/mol. The predicted molar refractivity (Wildman–Crippen MR) is 62.8 cm³/mol. The maximum absolute atomic E-state index is 12.2. The first-order chi connectivity index (χ1) is 8.19. The van der Waals surface area contributed by atoms with Crippen LogP contribution in [0.4, 0.5) is 0 Å².